The molecular formula is C27H39NO9. The normalized spacial score (nSPS) is 16.5. The second-order valence-electron chi connectivity index (χ2n) is 10.3. The van der Waals surface area contributed by atoms with Gasteiger partial charge in [-0.1, -0.05) is 40.2 Å². The number of esters is 2. The van der Waals surface area contributed by atoms with Crippen molar-refractivity contribution in [1.29, 1.82) is 0 Å². The van der Waals surface area contributed by atoms with Gasteiger partial charge in [-0.2, -0.15) is 0 Å². The smallest absolute Gasteiger partial charge is 0.480 e. The molecule has 0 saturated heterocycles. The van der Waals surface area contributed by atoms with Gasteiger partial charge in [0.15, 0.2) is 11.5 Å². The van der Waals surface area contributed by atoms with Gasteiger partial charge in [0.25, 0.3) is 0 Å². The first-order valence-electron chi connectivity index (χ1n) is 12.8. The Hall–Kier alpha value is -3.14. The molecule has 1 aliphatic carbocycles. The Morgan fingerprint density at radius 2 is 1.51 bits per heavy atom. The Morgan fingerprint density at radius 3 is 2.05 bits per heavy atom. The van der Waals surface area contributed by atoms with E-state index >= 15 is 0 Å². The highest BCUT2D eigenvalue weighted by atomic mass is 16.7. The van der Waals surface area contributed by atoms with E-state index in [1.54, 1.807) is 40.7 Å². The summed E-state index contributed by atoms with van der Waals surface area (Å²) in [4.78, 5) is 48.7. The summed E-state index contributed by atoms with van der Waals surface area (Å²) in [6.45, 7) is 8.20. The van der Waals surface area contributed by atoms with E-state index in [1.165, 1.54) is 12.1 Å². The molecule has 1 unspecified atom stereocenters. The highest BCUT2D eigenvalue weighted by Gasteiger charge is 2.37. The Balaban J connectivity index is 2.17. The van der Waals surface area contributed by atoms with E-state index < -0.39 is 47.5 Å². The third-order valence-electron chi connectivity index (χ3n) is 6.08. The molecule has 0 heterocycles. The molecule has 1 aliphatic rings. The minimum atomic E-state index is -1.81. The number of carboxylic acid groups (broad SMARTS) is 1. The van der Waals surface area contributed by atoms with Crippen LogP contribution in [0.15, 0.2) is 18.2 Å². The lowest BCUT2D eigenvalue weighted by Crippen LogP contribution is -2.52. The Labute approximate surface area is 217 Å². The van der Waals surface area contributed by atoms with Gasteiger partial charge in [-0.25, -0.2) is 4.79 Å². The number of nitrogens with two attached hydrogens (primary N) is 1. The molecule has 2 rings (SSSR count). The maximum absolute atomic E-state index is 12.2. The van der Waals surface area contributed by atoms with Gasteiger partial charge >= 0.3 is 24.1 Å². The van der Waals surface area contributed by atoms with E-state index in [9.17, 15) is 24.3 Å². The van der Waals surface area contributed by atoms with Crippen LogP contribution < -0.4 is 15.2 Å². The van der Waals surface area contributed by atoms with E-state index in [4.69, 9.17) is 24.7 Å². The van der Waals surface area contributed by atoms with E-state index in [-0.39, 0.29) is 30.4 Å². The van der Waals surface area contributed by atoms with Crippen molar-refractivity contribution in [2.24, 2.45) is 17.6 Å². The summed E-state index contributed by atoms with van der Waals surface area (Å²) in [6.07, 6.45) is 2.44. The minimum absolute atomic E-state index is 0.0155. The van der Waals surface area contributed by atoms with Crippen molar-refractivity contribution >= 4 is 24.1 Å². The molecule has 0 radical (unpaired) electrons. The van der Waals surface area contributed by atoms with E-state index in [2.05, 4.69) is 0 Å². The Bertz CT molecular complexity index is 969. The van der Waals surface area contributed by atoms with Gasteiger partial charge in [0, 0.05) is 12.8 Å². The third-order valence-corrected chi connectivity index (χ3v) is 6.08. The largest absolute Gasteiger partial charge is 0.508 e. The van der Waals surface area contributed by atoms with Crippen LogP contribution in [0.2, 0.25) is 0 Å². The number of aliphatic carboxylic acids is 1. The van der Waals surface area contributed by atoms with Crippen molar-refractivity contribution in [3.63, 3.8) is 0 Å². The average molecular weight is 522 g/mol. The van der Waals surface area contributed by atoms with Crippen LogP contribution in [0.4, 0.5) is 4.79 Å². The van der Waals surface area contributed by atoms with E-state index in [0.717, 1.165) is 32.1 Å². The zero-order chi connectivity index (χ0) is 27.8. The molecule has 37 heavy (non-hydrogen) atoms. The van der Waals surface area contributed by atoms with Gasteiger partial charge in [-0.05, 0) is 50.3 Å². The Morgan fingerprint density at radius 1 is 0.946 bits per heavy atom. The molecule has 0 aromatic heterocycles. The lowest BCUT2D eigenvalue weighted by atomic mass is 9.86. The van der Waals surface area contributed by atoms with Crippen LogP contribution >= 0.6 is 0 Å². The molecule has 3 N–H and O–H groups in total. The van der Waals surface area contributed by atoms with Crippen LogP contribution in [-0.4, -0.2) is 46.9 Å². The summed E-state index contributed by atoms with van der Waals surface area (Å²) >= 11 is 0. The molecule has 0 aliphatic heterocycles. The maximum Gasteiger partial charge on any atom is 0.508 e. The standard InChI is InChI=1S/C27H39NO9/c1-16(2)23(29)36-21-12-11-19(13-22(21)37-24(30)17(3)4)15-27(28,25(31)32)14-18(5)34-26(33)35-20-9-7-6-8-10-20/h11-13,16-18,20H,6-10,14-15,28H2,1-5H3,(H,31,32)/t18-,27?/m0/s1. The van der Waals surface area contributed by atoms with Crippen LogP contribution in [0.25, 0.3) is 0 Å². The number of ether oxygens (including phenoxy) is 4. The van der Waals surface area contributed by atoms with Crippen molar-refractivity contribution in [2.45, 2.75) is 97.3 Å². The van der Waals surface area contributed by atoms with Crippen molar-refractivity contribution < 1.29 is 43.2 Å². The SMILES string of the molecule is CC(C)C(=O)Oc1ccc(CC(N)(C[C@H](C)OC(=O)OC2CCCCC2)C(=O)O)cc1OC(=O)C(C)C. The van der Waals surface area contributed by atoms with Crippen LogP contribution in [-0.2, 0) is 30.3 Å². The summed E-state index contributed by atoms with van der Waals surface area (Å²) in [7, 11) is 0. The third kappa shape index (κ3) is 9.35. The van der Waals surface area contributed by atoms with Crippen LogP contribution in [0, 0.1) is 11.8 Å². The number of rotatable bonds is 11. The second-order valence-corrected chi connectivity index (χ2v) is 10.3. The summed E-state index contributed by atoms with van der Waals surface area (Å²) in [5.74, 6) is -3.19. The molecular weight excluding hydrogens is 482 g/mol. The fourth-order valence-electron chi connectivity index (χ4n) is 3.94. The van der Waals surface area contributed by atoms with Gasteiger partial charge in [0.1, 0.15) is 17.7 Å². The molecule has 0 spiro atoms. The second kappa shape index (κ2) is 13.4. The number of carbonyl (C=O) groups is 4. The zero-order valence-electron chi connectivity index (χ0n) is 22.3. The molecule has 1 fully saturated rings. The number of benzene rings is 1. The first kappa shape index (κ1) is 30.1. The summed E-state index contributed by atoms with van der Waals surface area (Å²) in [5.41, 5.74) is 4.89. The summed E-state index contributed by atoms with van der Waals surface area (Å²) < 4.78 is 21.4. The fraction of sp³-hybridized carbons (Fsp3) is 0.630. The minimum Gasteiger partial charge on any atom is -0.480 e. The highest BCUT2D eigenvalue weighted by molar-refractivity contribution is 5.80. The fourth-order valence-corrected chi connectivity index (χ4v) is 3.94. The van der Waals surface area contributed by atoms with E-state index in [1.807, 2.05) is 0 Å². The summed E-state index contributed by atoms with van der Waals surface area (Å²) in [5, 5.41) is 9.91. The molecule has 1 aromatic rings. The molecule has 10 heteroatoms. The Kier molecular flexibility index (Phi) is 10.9. The molecule has 2 atom stereocenters. The number of hydrogen-bond donors (Lipinski definition) is 2. The van der Waals surface area contributed by atoms with Crippen LogP contribution in [0.3, 0.4) is 0 Å². The molecule has 10 nitrogen and oxygen atoms in total. The monoisotopic (exact) mass is 521 g/mol. The van der Waals surface area contributed by atoms with E-state index in [0.29, 0.717) is 5.56 Å². The first-order chi connectivity index (χ1) is 17.3. The number of carbonyl (C=O) groups excluding carboxylic acids is 3. The molecule has 1 saturated carbocycles. The van der Waals surface area contributed by atoms with Gasteiger partial charge in [0.2, 0.25) is 0 Å². The van der Waals surface area contributed by atoms with Gasteiger partial charge in [-0.3, -0.25) is 14.4 Å². The van der Waals surface area contributed by atoms with Gasteiger partial charge in [-0.15, -0.1) is 0 Å². The molecule has 0 amide bonds. The first-order valence-corrected chi connectivity index (χ1v) is 12.8. The predicted molar refractivity (Wildman–Crippen MR) is 134 cm³/mol. The summed E-state index contributed by atoms with van der Waals surface area (Å²) in [6, 6.07) is 4.40. The predicted octanol–water partition coefficient (Wildman–Crippen LogP) is 4.40. The van der Waals surface area contributed by atoms with Crippen molar-refractivity contribution in [3.05, 3.63) is 23.8 Å². The average Bonchev–Trinajstić information content (AvgIpc) is 2.80. The molecule has 0 bridgehead atoms. The van der Waals surface area contributed by atoms with Crippen LogP contribution in [0.5, 0.6) is 11.5 Å². The van der Waals surface area contributed by atoms with Crippen molar-refractivity contribution in [3.8, 4) is 11.5 Å². The van der Waals surface area contributed by atoms with Crippen LogP contribution in [0.1, 0.15) is 78.7 Å². The van der Waals surface area contributed by atoms with Gasteiger partial charge in [0.05, 0.1) is 11.8 Å². The molecule has 206 valence electrons. The number of hydrogen-bond acceptors (Lipinski definition) is 9. The topological polar surface area (TPSA) is 151 Å². The van der Waals surface area contributed by atoms with Crippen molar-refractivity contribution in [1.82, 2.24) is 0 Å². The molecule has 1 aromatic carbocycles. The quantitative estimate of drug-likeness (QED) is 0.317. The highest BCUT2D eigenvalue weighted by Crippen LogP contribution is 2.32. The number of carboxylic acids is 1. The maximum atomic E-state index is 12.2. The van der Waals surface area contributed by atoms with Gasteiger partial charge < -0.3 is 29.8 Å². The lowest BCUT2D eigenvalue weighted by molar-refractivity contribution is -0.145. The zero-order valence-corrected chi connectivity index (χ0v) is 22.3. The lowest BCUT2D eigenvalue weighted by Gasteiger charge is -2.28. The van der Waals surface area contributed by atoms with Crippen molar-refractivity contribution in [2.75, 3.05) is 0 Å².